The normalized spacial score (nSPS) is 24.3. The Kier molecular flexibility index (Phi) is 3.76. The van der Waals surface area contributed by atoms with Gasteiger partial charge in [0.05, 0.1) is 12.4 Å². The van der Waals surface area contributed by atoms with Crippen LogP contribution in [0.4, 0.5) is 0 Å². The number of hydrogen-bond acceptors (Lipinski definition) is 4. The first-order valence-corrected chi connectivity index (χ1v) is 7.99. The zero-order valence-corrected chi connectivity index (χ0v) is 11.0. The number of rotatable bonds is 4. The molecule has 4 nitrogen and oxygen atoms in total. The molecule has 2 aliphatic rings. The van der Waals surface area contributed by atoms with Crippen LogP contribution in [-0.2, 0) is 19.4 Å². The molecule has 0 radical (unpaired) electrons. The van der Waals surface area contributed by atoms with E-state index in [0.29, 0.717) is 12.8 Å². The van der Waals surface area contributed by atoms with Gasteiger partial charge in [-0.3, -0.25) is 4.79 Å². The van der Waals surface area contributed by atoms with E-state index in [1.165, 1.54) is 7.11 Å². The Hall–Kier alpha value is -0.580. The number of ether oxygens (including phenoxy) is 1. The van der Waals surface area contributed by atoms with Crippen LogP contribution in [0.2, 0.25) is 0 Å². The molecule has 0 amide bonds. The highest BCUT2D eigenvalue weighted by Crippen LogP contribution is 2.40. The molecule has 0 aromatic rings. The summed E-state index contributed by atoms with van der Waals surface area (Å²) in [5.74, 6) is -0.549. The summed E-state index contributed by atoms with van der Waals surface area (Å²) >= 11 is 0. The van der Waals surface area contributed by atoms with Crippen LogP contribution >= 0.6 is 0 Å². The zero-order valence-electron chi connectivity index (χ0n) is 10.2. The highest BCUT2D eigenvalue weighted by Gasteiger charge is 2.48. The van der Waals surface area contributed by atoms with Gasteiger partial charge in [0.15, 0.2) is 15.1 Å². The van der Waals surface area contributed by atoms with Crippen LogP contribution in [0, 0.1) is 5.92 Å². The van der Waals surface area contributed by atoms with Crippen LogP contribution in [0.15, 0.2) is 0 Å². The van der Waals surface area contributed by atoms with E-state index in [-0.39, 0.29) is 11.2 Å². The first kappa shape index (κ1) is 12.9. The zero-order chi connectivity index (χ0) is 12.5. The third kappa shape index (κ3) is 2.64. The van der Waals surface area contributed by atoms with Gasteiger partial charge in [-0.2, -0.15) is 0 Å². The largest absolute Gasteiger partial charge is 0.468 e. The van der Waals surface area contributed by atoms with E-state index in [4.69, 9.17) is 0 Å². The molecule has 0 aliphatic heterocycles. The Bertz CT molecular complexity index is 377. The van der Waals surface area contributed by atoms with Gasteiger partial charge >= 0.3 is 5.97 Å². The molecule has 2 aliphatic carbocycles. The first-order chi connectivity index (χ1) is 8.07. The van der Waals surface area contributed by atoms with Crippen molar-refractivity contribution in [2.24, 2.45) is 5.92 Å². The quantitative estimate of drug-likeness (QED) is 0.722. The van der Waals surface area contributed by atoms with E-state index < -0.39 is 21.1 Å². The van der Waals surface area contributed by atoms with E-state index in [9.17, 15) is 13.2 Å². The van der Waals surface area contributed by atoms with E-state index in [0.717, 1.165) is 32.1 Å². The number of esters is 1. The van der Waals surface area contributed by atoms with Gasteiger partial charge < -0.3 is 4.74 Å². The summed E-state index contributed by atoms with van der Waals surface area (Å²) in [6.45, 7) is 0. The molecule has 1 unspecified atom stereocenters. The maximum absolute atomic E-state index is 12.5. The van der Waals surface area contributed by atoms with Gasteiger partial charge in [-0.25, -0.2) is 8.42 Å². The van der Waals surface area contributed by atoms with Crippen molar-refractivity contribution in [1.29, 1.82) is 0 Å². The van der Waals surface area contributed by atoms with Crippen LogP contribution in [0.1, 0.15) is 44.9 Å². The predicted octanol–water partition coefficient (Wildman–Crippen LogP) is 1.69. The molecule has 0 bridgehead atoms. The van der Waals surface area contributed by atoms with Crippen molar-refractivity contribution in [1.82, 2.24) is 0 Å². The van der Waals surface area contributed by atoms with Gasteiger partial charge in [0, 0.05) is 0 Å². The molecule has 0 heterocycles. The Balaban J connectivity index is 2.18. The van der Waals surface area contributed by atoms with Crippen molar-refractivity contribution in [3.05, 3.63) is 0 Å². The highest BCUT2D eigenvalue weighted by atomic mass is 32.2. The Labute approximate surface area is 103 Å². The van der Waals surface area contributed by atoms with E-state index in [1.54, 1.807) is 0 Å². The lowest BCUT2D eigenvalue weighted by Crippen LogP contribution is -2.40. The average Bonchev–Trinajstić information content (AvgIpc) is 3.14. The Morgan fingerprint density at radius 3 is 2.18 bits per heavy atom. The van der Waals surface area contributed by atoms with Crippen molar-refractivity contribution in [3.8, 4) is 0 Å². The minimum absolute atomic E-state index is 0.00868. The van der Waals surface area contributed by atoms with E-state index in [1.807, 2.05) is 0 Å². The van der Waals surface area contributed by atoms with Crippen molar-refractivity contribution in [2.75, 3.05) is 7.11 Å². The molecule has 98 valence electrons. The fourth-order valence-corrected chi connectivity index (χ4v) is 5.29. The fraction of sp³-hybridized carbons (Fsp3) is 0.917. The lowest BCUT2D eigenvalue weighted by molar-refractivity contribution is -0.140. The molecular weight excluding hydrogens is 240 g/mol. The minimum Gasteiger partial charge on any atom is -0.468 e. The Morgan fingerprint density at radius 1 is 1.12 bits per heavy atom. The van der Waals surface area contributed by atoms with Crippen LogP contribution < -0.4 is 0 Å². The van der Waals surface area contributed by atoms with Crippen molar-refractivity contribution in [3.63, 3.8) is 0 Å². The molecular formula is C12H20O4S. The van der Waals surface area contributed by atoms with Crippen molar-refractivity contribution < 1.29 is 17.9 Å². The molecule has 0 N–H and O–H groups in total. The summed E-state index contributed by atoms with van der Waals surface area (Å²) in [6, 6.07) is 0. The SMILES string of the molecule is COC(=O)C(C1CC1)S(=O)(=O)C1CCCCC1. The second kappa shape index (κ2) is 4.96. The van der Waals surface area contributed by atoms with Gasteiger partial charge in [0.2, 0.25) is 0 Å². The topological polar surface area (TPSA) is 60.4 Å². The number of sulfone groups is 1. The molecule has 2 fully saturated rings. The summed E-state index contributed by atoms with van der Waals surface area (Å²) in [5.41, 5.74) is 0. The number of carbonyl (C=O) groups excluding carboxylic acids is 1. The maximum atomic E-state index is 12.5. The number of hydrogen-bond donors (Lipinski definition) is 0. The molecule has 2 rings (SSSR count). The Morgan fingerprint density at radius 2 is 1.71 bits per heavy atom. The van der Waals surface area contributed by atoms with Gasteiger partial charge in [-0.1, -0.05) is 19.3 Å². The molecule has 5 heteroatoms. The van der Waals surface area contributed by atoms with Gasteiger partial charge in [-0.15, -0.1) is 0 Å². The molecule has 0 saturated heterocycles. The van der Waals surface area contributed by atoms with Gasteiger partial charge in [-0.05, 0) is 31.6 Å². The predicted molar refractivity (Wildman–Crippen MR) is 64.3 cm³/mol. The minimum atomic E-state index is -3.35. The third-order valence-electron chi connectivity index (χ3n) is 3.85. The summed E-state index contributed by atoms with van der Waals surface area (Å²) in [7, 11) is -2.07. The smallest absolute Gasteiger partial charge is 0.324 e. The molecule has 17 heavy (non-hydrogen) atoms. The fourth-order valence-electron chi connectivity index (χ4n) is 2.71. The molecule has 0 spiro atoms. The number of methoxy groups -OCH3 is 1. The summed E-state index contributed by atoms with van der Waals surface area (Å²) in [6.07, 6.45) is 6.13. The van der Waals surface area contributed by atoms with Gasteiger partial charge in [0.25, 0.3) is 0 Å². The van der Waals surface area contributed by atoms with Crippen molar-refractivity contribution >= 4 is 15.8 Å². The maximum Gasteiger partial charge on any atom is 0.324 e. The monoisotopic (exact) mass is 260 g/mol. The summed E-state index contributed by atoms with van der Waals surface area (Å²) in [5, 5.41) is -1.21. The second-order valence-corrected chi connectivity index (χ2v) is 7.48. The second-order valence-electron chi connectivity index (χ2n) is 5.13. The molecule has 1 atom stereocenters. The molecule has 0 aromatic carbocycles. The molecule has 0 aromatic heterocycles. The lowest BCUT2D eigenvalue weighted by atomic mass is 10.0. The van der Waals surface area contributed by atoms with Crippen LogP contribution in [0.25, 0.3) is 0 Å². The lowest BCUT2D eigenvalue weighted by Gasteiger charge is -2.25. The van der Waals surface area contributed by atoms with Crippen LogP contribution in [0.5, 0.6) is 0 Å². The van der Waals surface area contributed by atoms with E-state index in [2.05, 4.69) is 4.74 Å². The standard InChI is InChI=1S/C12H20O4S/c1-16-12(13)11(9-7-8-9)17(14,15)10-5-3-2-4-6-10/h9-11H,2-8H2,1H3. The third-order valence-corrected chi connectivity index (χ3v) is 6.54. The van der Waals surface area contributed by atoms with Gasteiger partial charge in [0.1, 0.15) is 0 Å². The molecule has 2 saturated carbocycles. The van der Waals surface area contributed by atoms with E-state index >= 15 is 0 Å². The number of carbonyl (C=O) groups is 1. The summed E-state index contributed by atoms with van der Waals surface area (Å²) < 4.78 is 29.6. The highest BCUT2D eigenvalue weighted by molar-refractivity contribution is 7.93. The van der Waals surface area contributed by atoms with Crippen molar-refractivity contribution in [2.45, 2.75) is 55.4 Å². The van der Waals surface area contributed by atoms with Crippen LogP contribution in [0.3, 0.4) is 0 Å². The first-order valence-electron chi connectivity index (χ1n) is 6.38. The average molecular weight is 260 g/mol. The summed E-state index contributed by atoms with van der Waals surface area (Å²) in [4.78, 5) is 11.7. The van der Waals surface area contributed by atoms with Crippen LogP contribution in [-0.4, -0.2) is 32.0 Å².